The quantitative estimate of drug-likeness (QED) is 0.818. The number of hydrogen-bond acceptors (Lipinski definition) is 4. The van der Waals surface area contributed by atoms with Gasteiger partial charge >= 0.3 is 6.03 Å². The molecule has 0 saturated carbocycles. The largest absolute Gasteiger partial charge is 0.495 e. The van der Waals surface area contributed by atoms with E-state index in [0.29, 0.717) is 24.3 Å². The molecule has 2 aliphatic heterocycles. The molecule has 1 N–H and O–H groups in total. The maximum absolute atomic E-state index is 13.0. The molecule has 3 amide bonds. The van der Waals surface area contributed by atoms with Gasteiger partial charge < -0.3 is 24.8 Å². The second-order valence-corrected chi connectivity index (χ2v) is 8.07. The molecule has 0 unspecified atom stereocenters. The van der Waals surface area contributed by atoms with E-state index in [0.717, 1.165) is 56.0 Å². The van der Waals surface area contributed by atoms with Crippen LogP contribution < -0.4 is 15.0 Å². The zero-order chi connectivity index (χ0) is 21.8. The third-order valence-electron chi connectivity index (χ3n) is 6.12. The molecule has 7 heteroatoms. The first kappa shape index (κ1) is 21.0. The number of rotatable bonds is 4. The summed E-state index contributed by atoms with van der Waals surface area (Å²) in [5.41, 5.74) is 3.13. The Morgan fingerprint density at radius 2 is 1.58 bits per heavy atom. The van der Waals surface area contributed by atoms with E-state index >= 15 is 0 Å². The van der Waals surface area contributed by atoms with Crippen LogP contribution in [0.3, 0.4) is 0 Å². The van der Waals surface area contributed by atoms with Crippen LogP contribution in [0.1, 0.15) is 28.8 Å². The van der Waals surface area contributed by atoms with Crippen molar-refractivity contribution in [3.05, 3.63) is 53.6 Å². The number of carbonyl (C=O) groups is 2. The van der Waals surface area contributed by atoms with Crippen LogP contribution in [0.2, 0.25) is 0 Å². The van der Waals surface area contributed by atoms with Crippen molar-refractivity contribution in [2.24, 2.45) is 0 Å². The van der Waals surface area contributed by atoms with Crippen molar-refractivity contribution < 1.29 is 14.3 Å². The van der Waals surface area contributed by atoms with Crippen LogP contribution in [0, 0.1) is 6.92 Å². The molecule has 4 rings (SSSR count). The van der Waals surface area contributed by atoms with Gasteiger partial charge in [0.05, 0.1) is 24.0 Å². The van der Waals surface area contributed by atoms with Gasteiger partial charge in [-0.3, -0.25) is 4.79 Å². The van der Waals surface area contributed by atoms with Crippen LogP contribution in [0.5, 0.6) is 5.75 Å². The van der Waals surface area contributed by atoms with Gasteiger partial charge in [0.2, 0.25) is 0 Å². The predicted octanol–water partition coefficient (Wildman–Crippen LogP) is 3.59. The van der Waals surface area contributed by atoms with Crippen molar-refractivity contribution in [3.63, 3.8) is 0 Å². The SMILES string of the molecule is COc1ccccc1N1CCN(C(=O)Nc2c(C)cccc2C(=O)N2CCCC2)CC1. The number of methoxy groups -OCH3 is 1. The van der Waals surface area contributed by atoms with Crippen LogP contribution >= 0.6 is 0 Å². The van der Waals surface area contributed by atoms with Crippen LogP contribution in [0.25, 0.3) is 0 Å². The minimum Gasteiger partial charge on any atom is -0.495 e. The van der Waals surface area contributed by atoms with Crippen molar-refractivity contribution in [1.29, 1.82) is 0 Å². The van der Waals surface area contributed by atoms with Crippen molar-refractivity contribution in [1.82, 2.24) is 9.80 Å². The Morgan fingerprint density at radius 1 is 0.871 bits per heavy atom. The molecule has 2 heterocycles. The van der Waals surface area contributed by atoms with Crippen molar-refractivity contribution in [2.45, 2.75) is 19.8 Å². The Morgan fingerprint density at radius 3 is 2.29 bits per heavy atom. The molecule has 0 atom stereocenters. The van der Waals surface area contributed by atoms with Crippen molar-refractivity contribution in [3.8, 4) is 5.75 Å². The lowest BCUT2D eigenvalue weighted by atomic mass is 10.1. The molecule has 31 heavy (non-hydrogen) atoms. The maximum atomic E-state index is 13.0. The fourth-order valence-corrected chi connectivity index (χ4v) is 4.33. The van der Waals surface area contributed by atoms with Gasteiger partial charge in [-0.05, 0) is 43.5 Å². The molecule has 164 valence electrons. The highest BCUT2D eigenvalue weighted by Crippen LogP contribution is 2.29. The molecular formula is C24H30N4O3. The summed E-state index contributed by atoms with van der Waals surface area (Å²) in [5.74, 6) is 0.836. The number of amides is 3. The molecule has 2 saturated heterocycles. The monoisotopic (exact) mass is 422 g/mol. The van der Waals surface area contributed by atoms with Crippen LogP contribution in [0.15, 0.2) is 42.5 Å². The molecule has 0 spiro atoms. The minimum atomic E-state index is -0.163. The van der Waals surface area contributed by atoms with E-state index in [4.69, 9.17) is 4.74 Å². The Balaban J connectivity index is 1.43. The number of benzene rings is 2. The first-order valence-electron chi connectivity index (χ1n) is 10.9. The molecule has 2 aliphatic rings. The highest BCUT2D eigenvalue weighted by molar-refractivity contribution is 6.04. The number of nitrogens with one attached hydrogen (secondary N) is 1. The summed E-state index contributed by atoms with van der Waals surface area (Å²) in [4.78, 5) is 31.9. The van der Waals surface area contributed by atoms with Gasteiger partial charge in [0.15, 0.2) is 0 Å². The summed E-state index contributed by atoms with van der Waals surface area (Å²) >= 11 is 0. The number of anilines is 2. The second-order valence-electron chi connectivity index (χ2n) is 8.07. The van der Waals surface area contributed by atoms with Gasteiger partial charge in [-0.25, -0.2) is 4.79 Å². The Labute approximate surface area is 183 Å². The molecule has 0 bridgehead atoms. The number of urea groups is 1. The van der Waals surface area contributed by atoms with E-state index in [-0.39, 0.29) is 11.9 Å². The topological polar surface area (TPSA) is 65.1 Å². The van der Waals surface area contributed by atoms with E-state index in [1.54, 1.807) is 7.11 Å². The Kier molecular flexibility index (Phi) is 6.30. The fraction of sp³-hybridized carbons (Fsp3) is 0.417. The Bertz CT molecular complexity index is 948. The van der Waals surface area contributed by atoms with Crippen LogP contribution in [0.4, 0.5) is 16.2 Å². The van der Waals surface area contributed by atoms with Gasteiger partial charge in [-0.1, -0.05) is 24.3 Å². The number of ether oxygens (including phenoxy) is 1. The zero-order valence-corrected chi connectivity index (χ0v) is 18.3. The number of likely N-dealkylation sites (tertiary alicyclic amines) is 1. The van der Waals surface area contributed by atoms with E-state index < -0.39 is 0 Å². The molecular weight excluding hydrogens is 392 g/mol. The van der Waals surface area contributed by atoms with Gasteiger partial charge in [-0.15, -0.1) is 0 Å². The average molecular weight is 423 g/mol. The standard InChI is InChI=1S/C24H30N4O3/c1-18-8-7-9-19(23(29)27-12-5-6-13-27)22(18)25-24(30)28-16-14-26(15-17-28)20-10-3-4-11-21(20)31-2/h3-4,7-11H,5-6,12-17H2,1-2H3,(H,25,30). The fourth-order valence-electron chi connectivity index (χ4n) is 4.33. The average Bonchev–Trinajstić information content (AvgIpc) is 3.35. The molecule has 2 aromatic rings. The first-order valence-corrected chi connectivity index (χ1v) is 10.9. The number of piperazine rings is 1. The van der Waals surface area contributed by atoms with E-state index in [1.165, 1.54) is 0 Å². The summed E-state index contributed by atoms with van der Waals surface area (Å²) in [6.45, 7) is 6.14. The maximum Gasteiger partial charge on any atom is 0.321 e. The third kappa shape index (κ3) is 4.45. The molecule has 0 radical (unpaired) electrons. The van der Waals surface area contributed by atoms with Crippen LogP contribution in [-0.2, 0) is 0 Å². The summed E-state index contributed by atoms with van der Waals surface area (Å²) in [7, 11) is 1.67. The molecule has 0 aromatic heterocycles. The lowest BCUT2D eigenvalue weighted by molar-refractivity contribution is 0.0793. The number of hydrogen-bond donors (Lipinski definition) is 1. The molecule has 7 nitrogen and oxygen atoms in total. The lowest BCUT2D eigenvalue weighted by Gasteiger charge is -2.36. The highest BCUT2D eigenvalue weighted by Gasteiger charge is 2.26. The van der Waals surface area contributed by atoms with Gasteiger partial charge in [-0.2, -0.15) is 0 Å². The van der Waals surface area contributed by atoms with Gasteiger partial charge in [0.25, 0.3) is 5.91 Å². The van der Waals surface area contributed by atoms with Crippen LogP contribution in [-0.4, -0.2) is 68.1 Å². The minimum absolute atomic E-state index is 0.00232. The Hall–Kier alpha value is -3.22. The normalized spacial score (nSPS) is 16.4. The van der Waals surface area contributed by atoms with Gasteiger partial charge in [0, 0.05) is 39.3 Å². The van der Waals surface area contributed by atoms with E-state index in [2.05, 4.69) is 10.2 Å². The van der Waals surface area contributed by atoms with E-state index in [9.17, 15) is 9.59 Å². The zero-order valence-electron chi connectivity index (χ0n) is 18.3. The summed E-state index contributed by atoms with van der Waals surface area (Å²) in [6.07, 6.45) is 2.07. The number of nitrogens with zero attached hydrogens (tertiary/aromatic N) is 3. The second kappa shape index (κ2) is 9.29. The lowest BCUT2D eigenvalue weighted by Crippen LogP contribution is -2.50. The van der Waals surface area contributed by atoms with Gasteiger partial charge in [0.1, 0.15) is 5.75 Å². The first-order chi connectivity index (χ1) is 15.1. The summed E-state index contributed by atoms with van der Waals surface area (Å²) < 4.78 is 5.47. The third-order valence-corrected chi connectivity index (χ3v) is 6.12. The van der Waals surface area contributed by atoms with Crippen molar-refractivity contribution in [2.75, 3.05) is 56.6 Å². The highest BCUT2D eigenvalue weighted by atomic mass is 16.5. The predicted molar refractivity (Wildman–Crippen MR) is 122 cm³/mol. The smallest absolute Gasteiger partial charge is 0.321 e. The van der Waals surface area contributed by atoms with E-state index in [1.807, 2.05) is 59.2 Å². The summed E-state index contributed by atoms with van der Waals surface area (Å²) in [6, 6.07) is 13.4. The van der Waals surface area contributed by atoms with Crippen molar-refractivity contribution >= 4 is 23.3 Å². The summed E-state index contributed by atoms with van der Waals surface area (Å²) in [5, 5.41) is 3.03. The number of carbonyl (C=O) groups excluding carboxylic acids is 2. The molecule has 0 aliphatic carbocycles. The number of para-hydroxylation sites is 3. The number of aryl methyl sites for hydroxylation is 1. The molecule has 2 fully saturated rings. The molecule has 2 aromatic carbocycles.